The molecule has 2 aromatic rings. The standard InChI is InChI=1S/C17H21FN4O/c1-11-14(18)9-6-10-15(11)22-12(2)16(20-21-22)17(23)19-13-7-4-3-5-8-13/h6,9-10,13H,3-5,7-8H2,1-2H3,(H,19,23). The number of benzene rings is 1. The van der Waals surface area contributed by atoms with Crippen molar-refractivity contribution in [2.75, 3.05) is 0 Å². The summed E-state index contributed by atoms with van der Waals surface area (Å²) in [5.74, 6) is -0.500. The molecule has 0 spiro atoms. The lowest BCUT2D eigenvalue weighted by molar-refractivity contribution is 0.0922. The minimum atomic E-state index is -0.300. The number of amides is 1. The van der Waals surface area contributed by atoms with Gasteiger partial charge in [0, 0.05) is 11.6 Å². The fraction of sp³-hybridized carbons (Fsp3) is 0.471. The lowest BCUT2D eigenvalue weighted by Crippen LogP contribution is -2.36. The Hall–Kier alpha value is -2.24. The maximum absolute atomic E-state index is 13.7. The lowest BCUT2D eigenvalue weighted by atomic mass is 9.95. The van der Waals surface area contributed by atoms with E-state index in [2.05, 4.69) is 15.6 Å². The molecule has 0 radical (unpaired) electrons. The fourth-order valence-electron chi connectivity index (χ4n) is 3.09. The normalized spacial score (nSPS) is 15.6. The monoisotopic (exact) mass is 316 g/mol. The molecule has 1 fully saturated rings. The number of halogens is 1. The van der Waals surface area contributed by atoms with Crippen LogP contribution in [0, 0.1) is 19.7 Å². The van der Waals surface area contributed by atoms with Crippen molar-refractivity contribution in [1.82, 2.24) is 20.3 Å². The molecule has 1 saturated carbocycles. The van der Waals surface area contributed by atoms with Crippen LogP contribution in [0.5, 0.6) is 0 Å². The Kier molecular flexibility index (Phi) is 4.41. The van der Waals surface area contributed by atoms with Crippen LogP contribution in [0.4, 0.5) is 4.39 Å². The molecule has 1 heterocycles. The van der Waals surface area contributed by atoms with E-state index < -0.39 is 0 Å². The van der Waals surface area contributed by atoms with Gasteiger partial charge in [-0.2, -0.15) is 0 Å². The van der Waals surface area contributed by atoms with Gasteiger partial charge in [-0.3, -0.25) is 4.79 Å². The first-order chi connectivity index (χ1) is 11.1. The highest BCUT2D eigenvalue weighted by molar-refractivity contribution is 5.93. The molecule has 23 heavy (non-hydrogen) atoms. The van der Waals surface area contributed by atoms with E-state index in [0.29, 0.717) is 22.6 Å². The molecular formula is C17H21FN4O. The van der Waals surface area contributed by atoms with Gasteiger partial charge >= 0.3 is 0 Å². The SMILES string of the molecule is Cc1c(F)cccc1-n1nnc(C(=O)NC2CCCCC2)c1C. The Balaban J connectivity index is 1.84. The number of carbonyl (C=O) groups is 1. The van der Waals surface area contributed by atoms with Gasteiger partial charge in [0.15, 0.2) is 5.69 Å². The minimum absolute atomic E-state index is 0.199. The first-order valence-corrected chi connectivity index (χ1v) is 8.06. The molecule has 6 heteroatoms. The van der Waals surface area contributed by atoms with Crippen molar-refractivity contribution in [3.63, 3.8) is 0 Å². The lowest BCUT2D eigenvalue weighted by Gasteiger charge is -2.22. The number of carbonyl (C=O) groups excluding carboxylic acids is 1. The summed E-state index contributed by atoms with van der Waals surface area (Å²) in [5, 5.41) is 11.1. The predicted molar refractivity (Wildman–Crippen MR) is 85.1 cm³/mol. The zero-order chi connectivity index (χ0) is 16.4. The molecule has 1 N–H and O–H groups in total. The highest BCUT2D eigenvalue weighted by Gasteiger charge is 2.22. The van der Waals surface area contributed by atoms with Gasteiger partial charge in [-0.15, -0.1) is 5.10 Å². The molecule has 1 amide bonds. The number of rotatable bonds is 3. The quantitative estimate of drug-likeness (QED) is 0.946. The summed E-state index contributed by atoms with van der Waals surface area (Å²) in [6, 6.07) is 5.02. The van der Waals surface area contributed by atoms with Gasteiger partial charge in [-0.05, 0) is 38.8 Å². The average Bonchev–Trinajstić information content (AvgIpc) is 2.93. The Labute approximate surface area is 134 Å². The molecule has 0 atom stereocenters. The van der Waals surface area contributed by atoms with Gasteiger partial charge in [0.25, 0.3) is 5.91 Å². The largest absolute Gasteiger partial charge is 0.348 e. The molecule has 0 aliphatic heterocycles. The summed E-state index contributed by atoms with van der Waals surface area (Å²) in [6.45, 7) is 3.47. The molecule has 1 aromatic heterocycles. The van der Waals surface area contributed by atoms with Crippen LogP contribution >= 0.6 is 0 Å². The zero-order valence-corrected chi connectivity index (χ0v) is 13.5. The summed E-state index contributed by atoms with van der Waals surface area (Å²) in [4.78, 5) is 12.4. The minimum Gasteiger partial charge on any atom is -0.348 e. The van der Waals surface area contributed by atoms with Crippen molar-refractivity contribution in [2.24, 2.45) is 0 Å². The molecule has 1 aromatic carbocycles. The van der Waals surface area contributed by atoms with Crippen molar-refractivity contribution in [1.29, 1.82) is 0 Å². The molecule has 122 valence electrons. The number of hydrogen-bond acceptors (Lipinski definition) is 3. The summed E-state index contributed by atoms with van der Waals surface area (Å²) in [5.41, 5.74) is 2.01. The van der Waals surface area contributed by atoms with E-state index >= 15 is 0 Å². The topological polar surface area (TPSA) is 59.8 Å². The third-order valence-corrected chi connectivity index (χ3v) is 4.52. The summed E-state index contributed by atoms with van der Waals surface area (Å²) in [6.07, 6.45) is 5.57. The Morgan fingerprint density at radius 1 is 1.26 bits per heavy atom. The number of aromatic nitrogens is 3. The zero-order valence-electron chi connectivity index (χ0n) is 13.5. The van der Waals surface area contributed by atoms with E-state index in [-0.39, 0.29) is 17.8 Å². The van der Waals surface area contributed by atoms with Crippen molar-refractivity contribution >= 4 is 5.91 Å². The van der Waals surface area contributed by atoms with E-state index in [1.165, 1.54) is 17.2 Å². The third kappa shape index (κ3) is 3.11. The first-order valence-electron chi connectivity index (χ1n) is 8.06. The van der Waals surface area contributed by atoms with Gasteiger partial charge in [0.2, 0.25) is 0 Å². The van der Waals surface area contributed by atoms with Gasteiger partial charge in [-0.25, -0.2) is 9.07 Å². The fourth-order valence-corrected chi connectivity index (χ4v) is 3.09. The smallest absolute Gasteiger partial charge is 0.273 e. The number of hydrogen-bond donors (Lipinski definition) is 1. The van der Waals surface area contributed by atoms with Crippen LogP contribution in [0.15, 0.2) is 18.2 Å². The van der Waals surface area contributed by atoms with Crippen LogP contribution in [0.1, 0.15) is 53.8 Å². The second kappa shape index (κ2) is 6.48. The average molecular weight is 316 g/mol. The number of nitrogens with zero attached hydrogens (tertiary/aromatic N) is 3. The third-order valence-electron chi connectivity index (χ3n) is 4.52. The Morgan fingerprint density at radius 3 is 2.74 bits per heavy atom. The van der Waals surface area contributed by atoms with Gasteiger partial charge in [0.05, 0.1) is 11.4 Å². The van der Waals surface area contributed by atoms with Crippen molar-refractivity contribution in [3.05, 3.63) is 41.0 Å². The van der Waals surface area contributed by atoms with Crippen LogP contribution in [-0.4, -0.2) is 26.9 Å². The summed E-state index contributed by atoms with van der Waals surface area (Å²) < 4.78 is 15.3. The van der Waals surface area contributed by atoms with Gasteiger partial charge < -0.3 is 5.32 Å². The predicted octanol–water partition coefficient (Wildman–Crippen LogP) is 3.09. The Bertz CT molecular complexity index is 719. The second-order valence-electron chi connectivity index (χ2n) is 6.13. The summed E-state index contributed by atoms with van der Waals surface area (Å²) in [7, 11) is 0. The maximum atomic E-state index is 13.7. The molecular weight excluding hydrogens is 295 g/mol. The van der Waals surface area contributed by atoms with Crippen molar-refractivity contribution in [2.45, 2.75) is 52.0 Å². The first kappa shape index (κ1) is 15.6. The van der Waals surface area contributed by atoms with E-state index in [9.17, 15) is 9.18 Å². The van der Waals surface area contributed by atoms with Crippen molar-refractivity contribution in [3.8, 4) is 5.69 Å². The van der Waals surface area contributed by atoms with E-state index in [4.69, 9.17) is 0 Å². The van der Waals surface area contributed by atoms with Crippen LogP contribution in [0.25, 0.3) is 5.69 Å². The summed E-state index contributed by atoms with van der Waals surface area (Å²) >= 11 is 0. The van der Waals surface area contributed by atoms with Gasteiger partial charge in [0.1, 0.15) is 5.82 Å². The molecule has 0 bridgehead atoms. The highest BCUT2D eigenvalue weighted by atomic mass is 19.1. The van der Waals surface area contributed by atoms with Crippen molar-refractivity contribution < 1.29 is 9.18 Å². The van der Waals surface area contributed by atoms with Crippen LogP contribution in [0.3, 0.4) is 0 Å². The Morgan fingerprint density at radius 2 is 2.00 bits per heavy atom. The second-order valence-corrected chi connectivity index (χ2v) is 6.13. The molecule has 5 nitrogen and oxygen atoms in total. The van der Waals surface area contributed by atoms with Crippen LogP contribution in [-0.2, 0) is 0 Å². The van der Waals surface area contributed by atoms with Gasteiger partial charge in [-0.1, -0.05) is 30.5 Å². The molecule has 3 rings (SSSR count). The molecule has 1 aliphatic carbocycles. The highest BCUT2D eigenvalue weighted by Crippen LogP contribution is 2.20. The maximum Gasteiger partial charge on any atom is 0.273 e. The van der Waals surface area contributed by atoms with E-state index in [0.717, 1.165) is 25.7 Å². The van der Waals surface area contributed by atoms with E-state index in [1.807, 2.05) is 0 Å². The van der Waals surface area contributed by atoms with E-state index in [1.54, 1.807) is 26.0 Å². The number of nitrogens with one attached hydrogen (secondary N) is 1. The molecule has 0 unspecified atom stereocenters. The van der Waals surface area contributed by atoms with Crippen LogP contribution in [0.2, 0.25) is 0 Å². The van der Waals surface area contributed by atoms with Crippen LogP contribution < -0.4 is 5.32 Å². The molecule has 1 aliphatic rings. The molecule has 0 saturated heterocycles.